The van der Waals surface area contributed by atoms with Crippen molar-refractivity contribution in [1.82, 2.24) is 4.31 Å². The largest absolute Gasteiger partial charge is 0.484 e. The van der Waals surface area contributed by atoms with Crippen molar-refractivity contribution in [3.8, 4) is 5.75 Å². The lowest BCUT2D eigenvalue weighted by molar-refractivity contribution is -0.118. The molecule has 31 heavy (non-hydrogen) atoms. The number of anilines is 1. The average Bonchev–Trinajstić information content (AvgIpc) is 2.74. The summed E-state index contributed by atoms with van der Waals surface area (Å²) in [6.07, 6.45) is 0. The second-order valence-electron chi connectivity index (χ2n) is 8.60. The number of amides is 1. The minimum absolute atomic E-state index is 0.0417. The summed E-state index contributed by atoms with van der Waals surface area (Å²) in [5.41, 5.74) is 2.44. The molecule has 1 saturated heterocycles. The van der Waals surface area contributed by atoms with Gasteiger partial charge in [-0.15, -0.1) is 0 Å². The van der Waals surface area contributed by atoms with Crippen molar-refractivity contribution < 1.29 is 22.7 Å². The van der Waals surface area contributed by atoms with Crippen LogP contribution in [-0.4, -0.2) is 51.5 Å². The number of nitrogens with one attached hydrogen (secondary N) is 1. The average molecular weight is 447 g/mol. The Bertz CT molecular complexity index is 1020. The molecule has 1 aliphatic rings. The Morgan fingerprint density at radius 3 is 2.35 bits per heavy atom. The summed E-state index contributed by atoms with van der Waals surface area (Å²) in [5, 5.41) is 2.76. The zero-order valence-electron chi connectivity index (χ0n) is 18.5. The van der Waals surface area contributed by atoms with Gasteiger partial charge in [-0.05, 0) is 47.7 Å². The lowest BCUT2D eigenvalue weighted by atomic mass is 9.87. The number of carbonyl (C=O) groups is 1. The number of sulfonamides is 1. The van der Waals surface area contributed by atoms with Crippen LogP contribution in [0.25, 0.3) is 0 Å². The number of nitrogens with zero attached hydrogens (tertiary/aromatic N) is 1. The molecule has 0 bridgehead atoms. The smallest absolute Gasteiger partial charge is 0.262 e. The second kappa shape index (κ2) is 9.38. The molecule has 8 heteroatoms. The first-order chi connectivity index (χ1) is 14.6. The van der Waals surface area contributed by atoms with Crippen LogP contribution in [0, 0.1) is 6.92 Å². The first-order valence-electron chi connectivity index (χ1n) is 10.3. The lowest BCUT2D eigenvalue weighted by Crippen LogP contribution is -2.40. The van der Waals surface area contributed by atoms with E-state index in [0.29, 0.717) is 37.7 Å². The van der Waals surface area contributed by atoms with Crippen LogP contribution in [0.2, 0.25) is 0 Å². The van der Waals surface area contributed by atoms with Crippen LogP contribution in [0.5, 0.6) is 5.75 Å². The molecule has 168 valence electrons. The van der Waals surface area contributed by atoms with Gasteiger partial charge in [0.05, 0.1) is 18.1 Å². The van der Waals surface area contributed by atoms with E-state index in [4.69, 9.17) is 9.47 Å². The lowest BCUT2D eigenvalue weighted by Gasteiger charge is -2.26. The van der Waals surface area contributed by atoms with Crippen molar-refractivity contribution in [2.24, 2.45) is 0 Å². The van der Waals surface area contributed by atoms with Crippen molar-refractivity contribution in [2.45, 2.75) is 38.0 Å². The van der Waals surface area contributed by atoms with Crippen LogP contribution >= 0.6 is 0 Å². The molecule has 1 heterocycles. The Labute approximate surface area is 184 Å². The van der Waals surface area contributed by atoms with Gasteiger partial charge in [0.15, 0.2) is 6.61 Å². The molecule has 0 aliphatic carbocycles. The minimum Gasteiger partial charge on any atom is -0.484 e. The Hall–Kier alpha value is -2.42. The van der Waals surface area contributed by atoms with Crippen LogP contribution < -0.4 is 10.1 Å². The van der Waals surface area contributed by atoms with Crippen LogP contribution in [0.15, 0.2) is 47.4 Å². The van der Waals surface area contributed by atoms with Crippen LogP contribution in [0.1, 0.15) is 31.9 Å². The fourth-order valence-corrected chi connectivity index (χ4v) is 4.65. The number of rotatable bonds is 6. The highest BCUT2D eigenvalue weighted by atomic mass is 32.2. The zero-order chi connectivity index (χ0) is 22.6. The first kappa shape index (κ1) is 23.2. The Morgan fingerprint density at radius 2 is 1.74 bits per heavy atom. The summed E-state index contributed by atoms with van der Waals surface area (Å²) >= 11 is 0. The predicted octanol–water partition coefficient (Wildman–Crippen LogP) is 3.33. The molecule has 3 rings (SSSR count). The van der Waals surface area contributed by atoms with E-state index in [1.807, 2.05) is 31.2 Å². The quantitative estimate of drug-likeness (QED) is 0.736. The fraction of sp³-hybridized carbons (Fsp3) is 0.435. The van der Waals surface area contributed by atoms with Gasteiger partial charge in [-0.2, -0.15) is 4.31 Å². The van der Waals surface area contributed by atoms with E-state index in [2.05, 4.69) is 26.1 Å². The number of hydrogen-bond acceptors (Lipinski definition) is 5. The third-order valence-corrected chi connectivity index (χ3v) is 7.08. The predicted molar refractivity (Wildman–Crippen MR) is 120 cm³/mol. The van der Waals surface area contributed by atoms with Gasteiger partial charge in [0, 0.05) is 18.8 Å². The van der Waals surface area contributed by atoms with Gasteiger partial charge in [0.1, 0.15) is 5.75 Å². The summed E-state index contributed by atoms with van der Waals surface area (Å²) in [4.78, 5) is 12.6. The van der Waals surface area contributed by atoms with Crippen molar-refractivity contribution in [3.05, 3.63) is 53.6 Å². The van der Waals surface area contributed by atoms with Crippen LogP contribution in [0.4, 0.5) is 5.69 Å². The van der Waals surface area contributed by atoms with E-state index < -0.39 is 10.0 Å². The molecule has 2 aromatic rings. The monoisotopic (exact) mass is 446 g/mol. The topological polar surface area (TPSA) is 84.9 Å². The van der Waals surface area contributed by atoms with Gasteiger partial charge in [0.25, 0.3) is 5.91 Å². The molecule has 1 N–H and O–H groups in total. The van der Waals surface area contributed by atoms with Gasteiger partial charge < -0.3 is 14.8 Å². The number of morpholine rings is 1. The molecule has 0 unspecified atom stereocenters. The highest BCUT2D eigenvalue weighted by Crippen LogP contribution is 2.25. The van der Waals surface area contributed by atoms with Crippen molar-refractivity contribution in [1.29, 1.82) is 0 Å². The van der Waals surface area contributed by atoms with Gasteiger partial charge >= 0.3 is 0 Å². The van der Waals surface area contributed by atoms with Crippen molar-refractivity contribution in [3.63, 3.8) is 0 Å². The first-order valence-corrected chi connectivity index (χ1v) is 11.7. The van der Waals surface area contributed by atoms with Crippen LogP contribution in [-0.2, 0) is 25.0 Å². The van der Waals surface area contributed by atoms with E-state index in [-0.39, 0.29) is 22.8 Å². The van der Waals surface area contributed by atoms with E-state index in [0.717, 1.165) is 5.56 Å². The molecule has 1 amide bonds. The highest BCUT2D eigenvalue weighted by Gasteiger charge is 2.27. The van der Waals surface area contributed by atoms with Gasteiger partial charge in [0.2, 0.25) is 10.0 Å². The van der Waals surface area contributed by atoms with Gasteiger partial charge in [-0.1, -0.05) is 39.0 Å². The molecule has 1 fully saturated rings. The Kier molecular flexibility index (Phi) is 7.03. The third-order valence-electron chi connectivity index (χ3n) is 5.18. The number of hydrogen-bond donors (Lipinski definition) is 1. The fourth-order valence-electron chi connectivity index (χ4n) is 3.22. The standard InChI is InChI=1S/C23H30N2O5S/c1-17-5-10-20(31(27,28)25-11-13-29-14-12-25)15-21(17)24-22(26)16-30-19-8-6-18(7-9-19)23(2,3)4/h5-10,15H,11-14,16H2,1-4H3,(H,24,26). The van der Waals surface area contributed by atoms with Crippen molar-refractivity contribution in [2.75, 3.05) is 38.2 Å². The normalized spacial score (nSPS) is 15.5. The number of aryl methyl sites for hydroxylation is 1. The second-order valence-corrected chi connectivity index (χ2v) is 10.5. The molecule has 0 radical (unpaired) electrons. The summed E-state index contributed by atoms with van der Waals surface area (Å²) in [5.74, 6) is 0.243. The highest BCUT2D eigenvalue weighted by molar-refractivity contribution is 7.89. The molecule has 0 saturated carbocycles. The molecule has 2 aromatic carbocycles. The third kappa shape index (κ3) is 5.84. The van der Waals surface area contributed by atoms with E-state index >= 15 is 0 Å². The number of carbonyl (C=O) groups excluding carboxylic acids is 1. The summed E-state index contributed by atoms with van der Waals surface area (Å²) < 4.78 is 38.0. The molecule has 7 nitrogen and oxygen atoms in total. The molecule has 0 aromatic heterocycles. The zero-order valence-corrected chi connectivity index (χ0v) is 19.3. The minimum atomic E-state index is -3.64. The van der Waals surface area contributed by atoms with E-state index in [1.54, 1.807) is 12.1 Å². The van der Waals surface area contributed by atoms with Crippen LogP contribution in [0.3, 0.4) is 0 Å². The Balaban J connectivity index is 1.65. The maximum atomic E-state index is 12.9. The van der Waals surface area contributed by atoms with Gasteiger partial charge in [-0.3, -0.25) is 4.79 Å². The summed E-state index contributed by atoms with van der Waals surface area (Å²) in [6.45, 7) is 9.43. The summed E-state index contributed by atoms with van der Waals surface area (Å²) in [6, 6.07) is 12.4. The van der Waals surface area contributed by atoms with E-state index in [1.165, 1.54) is 15.9 Å². The Morgan fingerprint density at radius 1 is 1.10 bits per heavy atom. The van der Waals surface area contributed by atoms with Crippen molar-refractivity contribution >= 4 is 21.6 Å². The van der Waals surface area contributed by atoms with E-state index in [9.17, 15) is 13.2 Å². The molecule has 0 atom stereocenters. The molecular formula is C23H30N2O5S. The van der Waals surface area contributed by atoms with Gasteiger partial charge in [-0.25, -0.2) is 8.42 Å². The number of benzene rings is 2. The maximum Gasteiger partial charge on any atom is 0.262 e. The molecule has 1 aliphatic heterocycles. The number of ether oxygens (including phenoxy) is 2. The molecular weight excluding hydrogens is 416 g/mol. The molecule has 0 spiro atoms. The SMILES string of the molecule is Cc1ccc(S(=O)(=O)N2CCOCC2)cc1NC(=O)COc1ccc(C(C)(C)C)cc1. The maximum absolute atomic E-state index is 12.9. The summed E-state index contributed by atoms with van der Waals surface area (Å²) in [7, 11) is -3.64.